The van der Waals surface area contributed by atoms with Gasteiger partial charge in [0.05, 0.1) is 5.39 Å². The van der Waals surface area contributed by atoms with Crippen LogP contribution in [0.3, 0.4) is 0 Å². The van der Waals surface area contributed by atoms with Crippen molar-refractivity contribution in [1.29, 1.82) is 0 Å². The quantitative estimate of drug-likeness (QED) is 0.877. The lowest BCUT2D eigenvalue weighted by Crippen LogP contribution is -2.37. The van der Waals surface area contributed by atoms with Crippen LogP contribution in [0.25, 0.3) is 11.0 Å². The van der Waals surface area contributed by atoms with Crippen LogP contribution >= 0.6 is 0 Å². The van der Waals surface area contributed by atoms with Crippen LogP contribution in [0.15, 0.2) is 39.5 Å². The van der Waals surface area contributed by atoms with Gasteiger partial charge in [0.1, 0.15) is 5.58 Å². The van der Waals surface area contributed by atoms with Crippen molar-refractivity contribution in [3.63, 3.8) is 0 Å². The van der Waals surface area contributed by atoms with Gasteiger partial charge in [-0.3, -0.25) is 9.59 Å². The Morgan fingerprint density at radius 2 is 2.14 bits per heavy atom. The molecule has 1 atom stereocenters. The SMILES string of the molecule is O=C(NC(CCO)C1CC1)c1cc(=O)c2ccccc2o1. The predicted octanol–water partition coefficient (Wildman–Crippen LogP) is 1.68. The Hall–Kier alpha value is -2.14. The van der Waals surface area contributed by atoms with Gasteiger partial charge in [-0.2, -0.15) is 0 Å². The molecule has 0 bridgehead atoms. The highest BCUT2D eigenvalue weighted by Crippen LogP contribution is 2.34. The molecule has 1 heterocycles. The summed E-state index contributed by atoms with van der Waals surface area (Å²) in [6, 6.07) is 8.01. The molecule has 0 saturated heterocycles. The molecule has 110 valence electrons. The number of carbonyl (C=O) groups excluding carboxylic acids is 1. The van der Waals surface area contributed by atoms with E-state index in [2.05, 4.69) is 5.32 Å². The molecule has 3 rings (SSSR count). The van der Waals surface area contributed by atoms with E-state index in [0.29, 0.717) is 23.3 Å². The summed E-state index contributed by atoms with van der Waals surface area (Å²) in [5, 5.41) is 12.4. The second kappa shape index (κ2) is 5.69. The highest BCUT2D eigenvalue weighted by atomic mass is 16.3. The van der Waals surface area contributed by atoms with Gasteiger partial charge >= 0.3 is 0 Å². The number of carbonyl (C=O) groups is 1. The number of aliphatic hydroxyl groups excluding tert-OH is 1. The lowest BCUT2D eigenvalue weighted by molar-refractivity contribution is 0.0896. The largest absolute Gasteiger partial charge is 0.451 e. The second-order valence-electron chi connectivity index (χ2n) is 5.40. The number of nitrogens with one attached hydrogen (secondary N) is 1. The molecule has 21 heavy (non-hydrogen) atoms. The number of fused-ring (bicyclic) bond motifs is 1. The fourth-order valence-electron chi connectivity index (χ4n) is 2.52. The lowest BCUT2D eigenvalue weighted by Gasteiger charge is -2.16. The summed E-state index contributed by atoms with van der Waals surface area (Å²) in [4.78, 5) is 24.2. The summed E-state index contributed by atoms with van der Waals surface area (Å²) in [5.41, 5.74) is 0.174. The summed E-state index contributed by atoms with van der Waals surface area (Å²) < 4.78 is 5.51. The van der Waals surface area contributed by atoms with Crippen molar-refractivity contribution in [3.05, 3.63) is 46.3 Å². The molecule has 1 aromatic heterocycles. The van der Waals surface area contributed by atoms with Crippen molar-refractivity contribution in [2.24, 2.45) is 5.92 Å². The molecule has 1 saturated carbocycles. The Morgan fingerprint density at radius 1 is 1.38 bits per heavy atom. The van der Waals surface area contributed by atoms with Crippen molar-refractivity contribution in [2.75, 3.05) is 6.61 Å². The minimum absolute atomic E-state index is 0.0160. The zero-order valence-corrected chi connectivity index (χ0v) is 11.5. The molecule has 1 aromatic carbocycles. The molecule has 2 N–H and O–H groups in total. The van der Waals surface area contributed by atoms with Crippen LogP contribution in [-0.4, -0.2) is 23.7 Å². The maximum absolute atomic E-state index is 12.2. The van der Waals surface area contributed by atoms with Crippen molar-refractivity contribution in [1.82, 2.24) is 5.32 Å². The summed E-state index contributed by atoms with van der Waals surface area (Å²) >= 11 is 0. The van der Waals surface area contributed by atoms with Crippen LogP contribution in [0.4, 0.5) is 0 Å². The maximum Gasteiger partial charge on any atom is 0.287 e. The summed E-state index contributed by atoms with van der Waals surface area (Å²) in [5.74, 6) is 0.0405. The van der Waals surface area contributed by atoms with Gasteiger partial charge < -0.3 is 14.8 Å². The molecule has 0 spiro atoms. The normalized spacial score (nSPS) is 15.9. The molecule has 0 aliphatic heterocycles. The number of rotatable bonds is 5. The van der Waals surface area contributed by atoms with E-state index in [1.165, 1.54) is 6.07 Å². The summed E-state index contributed by atoms with van der Waals surface area (Å²) in [7, 11) is 0. The second-order valence-corrected chi connectivity index (χ2v) is 5.40. The first kappa shape index (κ1) is 13.8. The molecule has 1 aliphatic rings. The third kappa shape index (κ3) is 2.97. The topological polar surface area (TPSA) is 79.5 Å². The first-order valence-electron chi connectivity index (χ1n) is 7.13. The molecular formula is C16H17NO4. The molecule has 1 fully saturated rings. The molecule has 0 radical (unpaired) electrons. The van der Waals surface area contributed by atoms with Crippen molar-refractivity contribution in [2.45, 2.75) is 25.3 Å². The van der Waals surface area contributed by atoms with E-state index >= 15 is 0 Å². The maximum atomic E-state index is 12.2. The standard InChI is InChI=1S/C16H17NO4/c18-8-7-12(10-5-6-10)17-16(20)15-9-13(19)11-3-1-2-4-14(11)21-15/h1-4,9-10,12,18H,5-8H2,(H,17,20). The van der Waals surface area contributed by atoms with Crippen molar-refractivity contribution in [3.8, 4) is 0 Å². The molecular weight excluding hydrogens is 270 g/mol. The summed E-state index contributed by atoms with van der Waals surface area (Å²) in [6.45, 7) is 0.0309. The average Bonchev–Trinajstić information content (AvgIpc) is 3.31. The highest BCUT2D eigenvalue weighted by molar-refractivity contribution is 5.93. The van der Waals surface area contributed by atoms with Gasteiger partial charge in [-0.1, -0.05) is 12.1 Å². The molecule has 2 aromatic rings. The fourth-order valence-corrected chi connectivity index (χ4v) is 2.52. The van der Waals surface area contributed by atoms with Crippen LogP contribution in [0, 0.1) is 5.92 Å². The van der Waals surface area contributed by atoms with Gasteiger partial charge in [-0.15, -0.1) is 0 Å². The molecule has 1 aliphatic carbocycles. The predicted molar refractivity (Wildman–Crippen MR) is 78.2 cm³/mol. The minimum atomic E-state index is -0.400. The number of benzene rings is 1. The summed E-state index contributed by atoms with van der Waals surface area (Å²) in [6.07, 6.45) is 2.65. The lowest BCUT2D eigenvalue weighted by atomic mass is 10.1. The molecule has 1 amide bonds. The zero-order chi connectivity index (χ0) is 14.8. The molecule has 1 unspecified atom stereocenters. The smallest absolute Gasteiger partial charge is 0.287 e. The number of aliphatic hydroxyl groups is 1. The number of para-hydroxylation sites is 1. The first-order valence-corrected chi connectivity index (χ1v) is 7.13. The van der Waals surface area contributed by atoms with Gasteiger partial charge in [0.25, 0.3) is 5.91 Å². The number of amides is 1. The van der Waals surface area contributed by atoms with Gasteiger partial charge in [0.2, 0.25) is 0 Å². The van der Waals surface area contributed by atoms with Crippen LogP contribution in [0.2, 0.25) is 0 Å². The van der Waals surface area contributed by atoms with E-state index in [1.807, 2.05) is 0 Å². The Balaban J connectivity index is 1.85. The Morgan fingerprint density at radius 3 is 2.86 bits per heavy atom. The minimum Gasteiger partial charge on any atom is -0.451 e. The Kier molecular flexibility index (Phi) is 3.75. The molecule has 5 heteroatoms. The van der Waals surface area contributed by atoms with Crippen molar-refractivity contribution >= 4 is 16.9 Å². The van der Waals surface area contributed by atoms with E-state index in [1.54, 1.807) is 24.3 Å². The third-order valence-corrected chi connectivity index (χ3v) is 3.81. The van der Waals surface area contributed by atoms with Gasteiger partial charge in [-0.05, 0) is 37.3 Å². The average molecular weight is 287 g/mol. The Labute approximate surface area is 121 Å². The number of hydrogen-bond acceptors (Lipinski definition) is 4. The van der Waals surface area contributed by atoms with Gasteiger partial charge in [-0.25, -0.2) is 0 Å². The van der Waals surface area contributed by atoms with E-state index in [-0.39, 0.29) is 23.8 Å². The van der Waals surface area contributed by atoms with E-state index < -0.39 is 5.91 Å². The third-order valence-electron chi connectivity index (χ3n) is 3.81. The van der Waals surface area contributed by atoms with Crippen LogP contribution in [0.5, 0.6) is 0 Å². The Bertz CT molecular complexity index is 718. The van der Waals surface area contributed by atoms with Crippen LogP contribution in [-0.2, 0) is 0 Å². The van der Waals surface area contributed by atoms with E-state index in [0.717, 1.165) is 12.8 Å². The number of hydrogen-bond donors (Lipinski definition) is 2. The van der Waals surface area contributed by atoms with E-state index in [4.69, 9.17) is 9.52 Å². The van der Waals surface area contributed by atoms with Crippen LogP contribution < -0.4 is 10.7 Å². The molecule has 5 nitrogen and oxygen atoms in total. The first-order chi connectivity index (χ1) is 10.2. The van der Waals surface area contributed by atoms with E-state index in [9.17, 15) is 9.59 Å². The monoisotopic (exact) mass is 287 g/mol. The van der Waals surface area contributed by atoms with Crippen LogP contribution in [0.1, 0.15) is 29.8 Å². The zero-order valence-electron chi connectivity index (χ0n) is 11.5. The van der Waals surface area contributed by atoms with Gasteiger partial charge in [0, 0.05) is 18.7 Å². The van der Waals surface area contributed by atoms with Crippen molar-refractivity contribution < 1.29 is 14.3 Å². The highest BCUT2D eigenvalue weighted by Gasteiger charge is 2.32. The fraction of sp³-hybridized carbons (Fsp3) is 0.375. The van der Waals surface area contributed by atoms with Gasteiger partial charge in [0.15, 0.2) is 11.2 Å².